The van der Waals surface area contributed by atoms with Crippen LogP contribution in [0.3, 0.4) is 0 Å². The van der Waals surface area contributed by atoms with Crippen LogP contribution in [0.4, 0.5) is 0 Å². The molecule has 0 amide bonds. The maximum Gasteiger partial charge on any atom is 0.120 e. The summed E-state index contributed by atoms with van der Waals surface area (Å²) in [6, 6.07) is 3.67. The Kier molecular flexibility index (Phi) is 2.29. The number of nitrogens with two attached hydrogens (primary N) is 1. The van der Waals surface area contributed by atoms with Crippen molar-refractivity contribution in [1.29, 1.82) is 0 Å². The summed E-state index contributed by atoms with van der Waals surface area (Å²) in [6.45, 7) is 3.59. The van der Waals surface area contributed by atoms with E-state index < -0.39 is 0 Å². The van der Waals surface area contributed by atoms with E-state index in [-0.39, 0.29) is 6.04 Å². The molecule has 0 aromatic carbocycles. The molecule has 0 saturated carbocycles. The van der Waals surface area contributed by atoms with Crippen LogP contribution in [0.25, 0.3) is 0 Å². The Morgan fingerprint density at radius 1 is 1.80 bits per heavy atom. The summed E-state index contributed by atoms with van der Waals surface area (Å²) < 4.78 is 5.08. The molecule has 0 fully saturated rings. The maximum absolute atomic E-state index is 5.68. The van der Waals surface area contributed by atoms with Crippen molar-refractivity contribution in [3.8, 4) is 0 Å². The molecule has 0 saturated heterocycles. The van der Waals surface area contributed by atoms with E-state index >= 15 is 0 Å². The molecule has 0 aliphatic carbocycles. The summed E-state index contributed by atoms with van der Waals surface area (Å²) >= 11 is 0. The van der Waals surface area contributed by atoms with Crippen LogP contribution in [0.2, 0.25) is 0 Å². The van der Waals surface area contributed by atoms with Crippen molar-refractivity contribution >= 4 is 0 Å². The quantitative estimate of drug-likeness (QED) is 0.646. The van der Waals surface area contributed by atoms with Gasteiger partial charge in [0.2, 0.25) is 0 Å². The standard InChI is InChI=1S/C8H11NO/c1-2-4-7(9)8-5-3-6-10-8/h2-3,5-7H,1,4,9H2/t7-/m1/s1. The van der Waals surface area contributed by atoms with Gasteiger partial charge in [-0.2, -0.15) is 0 Å². The lowest BCUT2D eigenvalue weighted by atomic mass is 10.2. The van der Waals surface area contributed by atoms with E-state index in [0.717, 1.165) is 12.2 Å². The smallest absolute Gasteiger partial charge is 0.120 e. The zero-order chi connectivity index (χ0) is 7.40. The summed E-state index contributed by atoms with van der Waals surface area (Å²) in [5.74, 6) is 0.819. The Hall–Kier alpha value is -1.02. The van der Waals surface area contributed by atoms with Crippen LogP contribution >= 0.6 is 0 Å². The highest BCUT2D eigenvalue weighted by molar-refractivity contribution is 5.04. The van der Waals surface area contributed by atoms with E-state index in [2.05, 4.69) is 6.58 Å². The van der Waals surface area contributed by atoms with Gasteiger partial charge in [0.15, 0.2) is 0 Å². The summed E-state index contributed by atoms with van der Waals surface area (Å²) in [5.41, 5.74) is 5.68. The van der Waals surface area contributed by atoms with Gasteiger partial charge in [-0.05, 0) is 18.6 Å². The highest BCUT2D eigenvalue weighted by Gasteiger charge is 2.04. The Balaban J connectivity index is 2.58. The van der Waals surface area contributed by atoms with Crippen molar-refractivity contribution in [2.24, 2.45) is 5.73 Å². The molecule has 10 heavy (non-hydrogen) atoms. The van der Waals surface area contributed by atoms with Gasteiger partial charge in [0, 0.05) is 0 Å². The van der Waals surface area contributed by atoms with Gasteiger partial charge >= 0.3 is 0 Å². The molecular weight excluding hydrogens is 126 g/mol. The van der Waals surface area contributed by atoms with Crippen LogP contribution in [0, 0.1) is 0 Å². The molecule has 2 heteroatoms. The summed E-state index contributed by atoms with van der Waals surface area (Å²) in [4.78, 5) is 0. The maximum atomic E-state index is 5.68. The van der Waals surface area contributed by atoms with Crippen molar-refractivity contribution in [2.75, 3.05) is 0 Å². The molecule has 1 aromatic heterocycles. The summed E-state index contributed by atoms with van der Waals surface area (Å²) in [7, 11) is 0. The normalized spacial score (nSPS) is 12.9. The van der Waals surface area contributed by atoms with E-state index in [4.69, 9.17) is 10.2 Å². The van der Waals surface area contributed by atoms with Crippen molar-refractivity contribution in [1.82, 2.24) is 0 Å². The minimum Gasteiger partial charge on any atom is -0.468 e. The molecule has 0 aliphatic rings. The van der Waals surface area contributed by atoms with Crippen molar-refractivity contribution in [3.05, 3.63) is 36.8 Å². The highest BCUT2D eigenvalue weighted by atomic mass is 16.3. The Bertz CT molecular complexity index is 191. The molecule has 1 aromatic rings. The van der Waals surface area contributed by atoms with E-state index in [1.807, 2.05) is 12.1 Å². The van der Waals surface area contributed by atoms with Crippen LogP contribution < -0.4 is 5.73 Å². The first-order valence-corrected chi connectivity index (χ1v) is 3.24. The van der Waals surface area contributed by atoms with Gasteiger partial charge in [-0.3, -0.25) is 0 Å². The topological polar surface area (TPSA) is 39.2 Å². The predicted molar refractivity (Wildman–Crippen MR) is 40.5 cm³/mol. The molecule has 0 unspecified atom stereocenters. The number of furan rings is 1. The fourth-order valence-electron chi connectivity index (χ4n) is 0.798. The third-order valence-electron chi connectivity index (χ3n) is 1.33. The number of rotatable bonds is 3. The van der Waals surface area contributed by atoms with Gasteiger partial charge in [-0.25, -0.2) is 0 Å². The summed E-state index contributed by atoms with van der Waals surface area (Å²) in [5, 5.41) is 0. The second-order valence-corrected chi connectivity index (χ2v) is 2.15. The van der Waals surface area contributed by atoms with Crippen LogP contribution in [0.1, 0.15) is 18.2 Å². The Morgan fingerprint density at radius 2 is 2.60 bits per heavy atom. The van der Waals surface area contributed by atoms with E-state index in [9.17, 15) is 0 Å². The monoisotopic (exact) mass is 137 g/mol. The van der Waals surface area contributed by atoms with E-state index in [1.54, 1.807) is 12.3 Å². The SMILES string of the molecule is C=CC[C@@H](N)c1ccco1. The third kappa shape index (κ3) is 1.48. The molecule has 1 atom stereocenters. The predicted octanol–water partition coefficient (Wildman–Crippen LogP) is 1.86. The van der Waals surface area contributed by atoms with Gasteiger partial charge in [-0.15, -0.1) is 6.58 Å². The summed E-state index contributed by atoms with van der Waals surface area (Å²) in [6.07, 6.45) is 4.17. The van der Waals surface area contributed by atoms with Gasteiger partial charge in [0.1, 0.15) is 5.76 Å². The van der Waals surface area contributed by atoms with E-state index in [0.29, 0.717) is 0 Å². The molecule has 0 radical (unpaired) electrons. The minimum absolute atomic E-state index is 0.0347. The molecule has 0 bridgehead atoms. The molecule has 1 rings (SSSR count). The van der Waals surface area contributed by atoms with Crippen LogP contribution in [-0.4, -0.2) is 0 Å². The lowest BCUT2D eigenvalue weighted by Gasteiger charge is -2.02. The number of hydrogen-bond acceptors (Lipinski definition) is 2. The first-order valence-electron chi connectivity index (χ1n) is 3.24. The molecule has 0 aliphatic heterocycles. The van der Waals surface area contributed by atoms with Crippen molar-refractivity contribution in [3.63, 3.8) is 0 Å². The second kappa shape index (κ2) is 3.22. The zero-order valence-electron chi connectivity index (χ0n) is 5.79. The van der Waals surface area contributed by atoms with Gasteiger partial charge in [-0.1, -0.05) is 6.08 Å². The van der Waals surface area contributed by atoms with Gasteiger partial charge in [0.25, 0.3) is 0 Å². The first kappa shape index (κ1) is 7.09. The fourth-order valence-corrected chi connectivity index (χ4v) is 0.798. The first-order chi connectivity index (χ1) is 4.84. The average molecular weight is 137 g/mol. The van der Waals surface area contributed by atoms with Crippen LogP contribution in [0.5, 0.6) is 0 Å². The number of hydrogen-bond donors (Lipinski definition) is 1. The molecule has 2 N–H and O–H groups in total. The van der Waals surface area contributed by atoms with E-state index in [1.165, 1.54) is 0 Å². The average Bonchev–Trinajstić information content (AvgIpc) is 2.38. The van der Waals surface area contributed by atoms with Crippen molar-refractivity contribution in [2.45, 2.75) is 12.5 Å². The Morgan fingerprint density at radius 3 is 3.10 bits per heavy atom. The highest BCUT2D eigenvalue weighted by Crippen LogP contribution is 2.13. The molecule has 1 heterocycles. The Labute approximate surface area is 60.3 Å². The fraction of sp³-hybridized carbons (Fsp3) is 0.250. The second-order valence-electron chi connectivity index (χ2n) is 2.15. The van der Waals surface area contributed by atoms with Gasteiger partial charge < -0.3 is 10.2 Å². The van der Waals surface area contributed by atoms with Crippen LogP contribution in [-0.2, 0) is 0 Å². The third-order valence-corrected chi connectivity index (χ3v) is 1.33. The van der Waals surface area contributed by atoms with Gasteiger partial charge in [0.05, 0.1) is 12.3 Å². The molecule has 2 nitrogen and oxygen atoms in total. The minimum atomic E-state index is -0.0347. The molecule has 0 spiro atoms. The molecular formula is C8H11NO. The van der Waals surface area contributed by atoms with Crippen molar-refractivity contribution < 1.29 is 4.42 Å². The largest absolute Gasteiger partial charge is 0.468 e. The van der Waals surface area contributed by atoms with Crippen LogP contribution in [0.15, 0.2) is 35.5 Å². The lowest BCUT2D eigenvalue weighted by Crippen LogP contribution is -2.07. The zero-order valence-corrected chi connectivity index (χ0v) is 5.79. The lowest BCUT2D eigenvalue weighted by molar-refractivity contribution is 0.467. The molecule has 54 valence electrons.